The Hall–Kier alpha value is -1.12. The standard InChI is InChI=1S/C12H13NO2/c14-11-8-4-7-5-1-2-6(3-5)9(7)10(8)12(15)13-11/h1-2,5-10H,3-4H2,(H,13,14,15)/t5?,6?,7?,8-,9?,10?/m1/s1. The molecule has 2 amide bonds. The van der Waals surface area contributed by atoms with Crippen LogP contribution in [0.15, 0.2) is 12.2 Å². The summed E-state index contributed by atoms with van der Waals surface area (Å²) in [5.74, 6) is 2.30. The van der Waals surface area contributed by atoms with Crippen molar-refractivity contribution in [1.82, 2.24) is 5.32 Å². The molecule has 2 bridgehead atoms. The van der Waals surface area contributed by atoms with Crippen LogP contribution in [0.2, 0.25) is 0 Å². The molecule has 1 saturated heterocycles. The fourth-order valence-electron chi connectivity index (χ4n) is 4.46. The molecule has 0 aromatic rings. The second kappa shape index (κ2) is 2.34. The average Bonchev–Trinajstić information content (AvgIpc) is 2.89. The Bertz CT molecular complexity index is 400. The van der Waals surface area contributed by atoms with Gasteiger partial charge in [-0.1, -0.05) is 12.2 Å². The maximum Gasteiger partial charge on any atom is 0.230 e. The molecule has 78 valence electrons. The van der Waals surface area contributed by atoms with Crippen LogP contribution >= 0.6 is 0 Å². The van der Waals surface area contributed by atoms with Crippen LogP contribution in [0.5, 0.6) is 0 Å². The summed E-state index contributed by atoms with van der Waals surface area (Å²) >= 11 is 0. The molecule has 0 spiro atoms. The number of amides is 2. The zero-order valence-electron chi connectivity index (χ0n) is 8.35. The van der Waals surface area contributed by atoms with Crippen molar-refractivity contribution in [3.05, 3.63) is 12.2 Å². The molecule has 5 unspecified atom stereocenters. The van der Waals surface area contributed by atoms with Crippen LogP contribution in [-0.2, 0) is 9.59 Å². The molecular weight excluding hydrogens is 190 g/mol. The van der Waals surface area contributed by atoms with Crippen LogP contribution in [-0.4, -0.2) is 11.8 Å². The summed E-state index contributed by atoms with van der Waals surface area (Å²) in [5.41, 5.74) is 0. The molecule has 15 heavy (non-hydrogen) atoms. The highest BCUT2D eigenvalue weighted by Gasteiger charge is 2.61. The number of imide groups is 1. The molecular formula is C12H13NO2. The Kier molecular flexibility index (Phi) is 1.26. The zero-order chi connectivity index (χ0) is 10.2. The van der Waals surface area contributed by atoms with Crippen molar-refractivity contribution < 1.29 is 9.59 Å². The number of allylic oxidation sites excluding steroid dienone is 2. The fraction of sp³-hybridized carbons (Fsp3) is 0.667. The van der Waals surface area contributed by atoms with E-state index in [2.05, 4.69) is 17.5 Å². The van der Waals surface area contributed by atoms with Crippen molar-refractivity contribution in [2.45, 2.75) is 12.8 Å². The summed E-state index contributed by atoms with van der Waals surface area (Å²) in [4.78, 5) is 23.3. The molecule has 3 aliphatic carbocycles. The summed E-state index contributed by atoms with van der Waals surface area (Å²) in [6.45, 7) is 0. The first-order valence-corrected chi connectivity index (χ1v) is 5.79. The van der Waals surface area contributed by atoms with Gasteiger partial charge in [0.05, 0.1) is 11.8 Å². The minimum atomic E-state index is -0.0150. The molecule has 0 aromatic heterocycles. The predicted octanol–water partition coefficient (Wildman–Crippen LogP) is 0.717. The van der Waals surface area contributed by atoms with Crippen LogP contribution in [0.1, 0.15) is 12.8 Å². The molecule has 3 nitrogen and oxygen atoms in total. The number of carbonyl (C=O) groups is 2. The van der Waals surface area contributed by atoms with E-state index in [4.69, 9.17) is 0 Å². The lowest BCUT2D eigenvalue weighted by Gasteiger charge is -2.23. The van der Waals surface area contributed by atoms with Crippen molar-refractivity contribution in [2.24, 2.45) is 35.5 Å². The Morgan fingerprint density at radius 3 is 2.73 bits per heavy atom. The Balaban J connectivity index is 1.78. The maximum absolute atomic E-state index is 11.7. The summed E-state index contributed by atoms with van der Waals surface area (Å²) in [6.07, 6.45) is 6.73. The van der Waals surface area contributed by atoms with Crippen LogP contribution in [0.3, 0.4) is 0 Å². The number of fused-ring (bicyclic) bond motifs is 7. The van der Waals surface area contributed by atoms with Gasteiger partial charge in [-0.15, -0.1) is 0 Å². The highest BCUT2D eigenvalue weighted by Crippen LogP contribution is 2.60. The fourth-order valence-corrected chi connectivity index (χ4v) is 4.46. The lowest BCUT2D eigenvalue weighted by atomic mass is 9.80. The second-order valence-corrected chi connectivity index (χ2v) is 5.41. The van der Waals surface area contributed by atoms with E-state index in [0.717, 1.165) is 6.42 Å². The second-order valence-electron chi connectivity index (χ2n) is 5.41. The first-order valence-electron chi connectivity index (χ1n) is 5.79. The predicted molar refractivity (Wildman–Crippen MR) is 52.5 cm³/mol. The van der Waals surface area contributed by atoms with Crippen LogP contribution in [0, 0.1) is 35.5 Å². The van der Waals surface area contributed by atoms with Crippen molar-refractivity contribution in [3.63, 3.8) is 0 Å². The number of nitrogens with one attached hydrogen (secondary N) is 1. The monoisotopic (exact) mass is 203 g/mol. The molecule has 1 N–H and O–H groups in total. The van der Waals surface area contributed by atoms with E-state index in [-0.39, 0.29) is 23.7 Å². The molecule has 6 atom stereocenters. The Morgan fingerprint density at radius 2 is 1.87 bits per heavy atom. The summed E-state index contributed by atoms with van der Waals surface area (Å²) < 4.78 is 0. The van der Waals surface area contributed by atoms with Crippen molar-refractivity contribution in [2.75, 3.05) is 0 Å². The smallest absolute Gasteiger partial charge is 0.230 e. The van der Waals surface area contributed by atoms with Gasteiger partial charge in [-0.25, -0.2) is 0 Å². The molecule has 1 heterocycles. The number of rotatable bonds is 0. The molecule has 4 aliphatic rings. The minimum Gasteiger partial charge on any atom is -0.296 e. The lowest BCUT2D eigenvalue weighted by molar-refractivity contribution is -0.127. The molecule has 0 radical (unpaired) electrons. The van der Waals surface area contributed by atoms with E-state index in [0.29, 0.717) is 23.7 Å². The van der Waals surface area contributed by atoms with Crippen LogP contribution in [0.25, 0.3) is 0 Å². The number of carbonyl (C=O) groups excluding carboxylic acids is 2. The molecule has 4 rings (SSSR count). The largest absolute Gasteiger partial charge is 0.296 e. The molecule has 3 heteroatoms. The number of hydrogen-bond acceptors (Lipinski definition) is 2. The minimum absolute atomic E-state index is 0.00144. The van der Waals surface area contributed by atoms with E-state index in [1.54, 1.807) is 0 Å². The Morgan fingerprint density at radius 1 is 1.07 bits per heavy atom. The highest BCUT2D eigenvalue weighted by molar-refractivity contribution is 6.05. The van der Waals surface area contributed by atoms with E-state index in [1.807, 2.05) is 0 Å². The van der Waals surface area contributed by atoms with E-state index in [9.17, 15) is 9.59 Å². The van der Waals surface area contributed by atoms with Gasteiger partial charge in [-0.2, -0.15) is 0 Å². The van der Waals surface area contributed by atoms with Crippen molar-refractivity contribution >= 4 is 11.8 Å². The summed E-state index contributed by atoms with van der Waals surface area (Å²) in [5, 5.41) is 2.49. The van der Waals surface area contributed by atoms with E-state index < -0.39 is 0 Å². The zero-order valence-corrected chi connectivity index (χ0v) is 8.35. The lowest BCUT2D eigenvalue weighted by Crippen LogP contribution is -2.30. The van der Waals surface area contributed by atoms with Gasteiger partial charge in [0.2, 0.25) is 11.8 Å². The van der Waals surface area contributed by atoms with Gasteiger partial charge in [0.15, 0.2) is 0 Å². The van der Waals surface area contributed by atoms with Crippen molar-refractivity contribution in [3.8, 4) is 0 Å². The quantitative estimate of drug-likeness (QED) is 0.465. The van der Waals surface area contributed by atoms with Gasteiger partial charge in [-0.3, -0.25) is 14.9 Å². The normalized spacial score (nSPS) is 54.7. The molecule has 2 saturated carbocycles. The third kappa shape index (κ3) is 0.792. The first-order chi connectivity index (χ1) is 7.25. The van der Waals surface area contributed by atoms with E-state index in [1.165, 1.54) is 6.42 Å². The summed E-state index contributed by atoms with van der Waals surface area (Å²) in [6, 6.07) is 0. The SMILES string of the molecule is O=C1NC(=O)[C@@H]2CC3C4C=CC(C4)C3C12. The molecule has 3 fully saturated rings. The van der Waals surface area contributed by atoms with Crippen LogP contribution < -0.4 is 5.32 Å². The van der Waals surface area contributed by atoms with Gasteiger partial charge in [0, 0.05) is 0 Å². The van der Waals surface area contributed by atoms with Gasteiger partial charge in [0.25, 0.3) is 0 Å². The third-order valence-corrected chi connectivity index (χ3v) is 4.95. The van der Waals surface area contributed by atoms with Gasteiger partial charge >= 0.3 is 0 Å². The van der Waals surface area contributed by atoms with Gasteiger partial charge < -0.3 is 0 Å². The average molecular weight is 203 g/mol. The maximum atomic E-state index is 11.7. The first kappa shape index (κ1) is 8.08. The third-order valence-electron chi connectivity index (χ3n) is 4.95. The number of hydrogen-bond donors (Lipinski definition) is 1. The summed E-state index contributed by atoms with van der Waals surface area (Å²) in [7, 11) is 0. The van der Waals surface area contributed by atoms with Gasteiger partial charge in [-0.05, 0) is 36.5 Å². The van der Waals surface area contributed by atoms with Gasteiger partial charge in [0.1, 0.15) is 0 Å². The van der Waals surface area contributed by atoms with Crippen molar-refractivity contribution in [1.29, 1.82) is 0 Å². The molecule has 0 aromatic carbocycles. The van der Waals surface area contributed by atoms with Crippen LogP contribution in [0.4, 0.5) is 0 Å². The highest BCUT2D eigenvalue weighted by atomic mass is 16.2. The molecule has 1 aliphatic heterocycles. The van der Waals surface area contributed by atoms with E-state index >= 15 is 0 Å². The topological polar surface area (TPSA) is 46.2 Å². The Labute approximate surface area is 87.9 Å².